The number of carbonyl (C=O) groups excluding carboxylic acids is 2. The van der Waals surface area contributed by atoms with Gasteiger partial charge in [0.05, 0.1) is 0 Å². The number of nitrogens with zero attached hydrogens (tertiary/aromatic N) is 2. The van der Waals surface area contributed by atoms with Crippen molar-refractivity contribution < 1.29 is 14.0 Å². The molecule has 0 unspecified atom stereocenters. The Hall–Kier alpha value is -2.60. The van der Waals surface area contributed by atoms with Crippen molar-refractivity contribution in [1.82, 2.24) is 4.90 Å². The number of anilines is 1. The summed E-state index contributed by atoms with van der Waals surface area (Å²) in [6.45, 7) is 3.71. The van der Waals surface area contributed by atoms with Crippen LogP contribution in [0.3, 0.4) is 0 Å². The number of likely N-dealkylation sites (N-methyl/N-ethyl adjacent to an activating group) is 1. The maximum absolute atomic E-state index is 11.5. The SMILES string of the molecule is CN1CCN(c2ccc(C(N)=O)cc2-c2ccc(C=O)o2)CC1. The largest absolute Gasteiger partial charge is 0.453 e. The van der Waals surface area contributed by atoms with Crippen LogP contribution in [0, 0.1) is 0 Å². The van der Waals surface area contributed by atoms with E-state index in [2.05, 4.69) is 16.8 Å². The smallest absolute Gasteiger partial charge is 0.248 e. The molecule has 6 nitrogen and oxygen atoms in total. The molecule has 120 valence electrons. The van der Waals surface area contributed by atoms with E-state index >= 15 is 0 Å². The fourth-order valence-corrected chi connectivity index (χ4v) is 2.77. The van der Waals surface area contributed by atoms with Gasteiger partial charge in [0, 0.05) is 43.0 Å². The van der Waals surface area contributed by atoms with Gasteiger partial charge in [-0.25, -0.2) is 0 Å². The van der Waals surface area contributed by atoms with E-state index in [-0.39, 0.29) is 5.76 Å². The molecule has 3 rings (SSSR count). The number of piperazine rings is 1. The Balaban J connectivity index is 2.04. The second kappa shape index (κ2) is 6.26. The highest BCUT2D eigenvalue weighted by atomic mass is 16.3. The minimum atomic E-state index is -0.488. The summed E-state index contributed by atoms with van der Waals surface area (Å²) in [4.78, 5) is 26.9. The molecule has 0 spiro atoms. The van der Waals surface area contributed by atoms with Gasteiger partial charge >= 0.3 is 0 Å². The van der Waals surface area contributed by atoms with Crippen LogP contribution in [0.15, 0.2) is 34.7 Å². The zero-order valence-corrected chi connectivity index (χ0v) is 13.0. The molecule has 2 aromatic rings. The molecule has 2 N–H and O–H groups in total. The molecule has 1 aromatic heterocycles. The highest BCUT2D eigenvalue weighted by Crippen LogP contribution is 2.33. The lowest BCUT2D eigenvalue weighted by Gasteiger charge is -2.35. The molecule has 2 heterocycles. The number of nitrogens with two attached hydrogens (primary N) is 1. The molecule has 0 aliphatic carbocycles. The van der Waals surface area contributed by atoms with Gasteiger partial charge in [-0.3, -0.25) is 9.59 Å². The van der Waals surface area contributed by atoms with Crippen molar-refractivity contribution in [2.24, 2.45) is 5.73 Å². The molecule has 23 heavy (non-hydrogen) atoms. The first-order valence-corrected chi connectivity index (χ1v) is 7.51. The highest BCUT2D eigenvalue weighted by Gasteiger charge is 2.20. The van der Waals surface area contributed by atoms with Gasteiger partial charge in [0.15, 0.2) is 12.0 Å². The third-order valence-corrected chi connectivity index (χ3v) is 4.13. The summed E-state index contributed by atoms with van der Waals surface area (Å²) in [5, 5.41) is 0. The number of rotatable bonds is 4. The zero-order valence-electron chi connectivity index (χ0n) is 13.0. The zero-order chi connectivity index (χ0) is 16.4. The number of amides is 1. The predicted octanol–water partition coefficient (Wildman–Crippen LogP) is 1.61. The normalized spacial score (nSPS) is 15.6. The molecule has 1 fully saturated rings. The second-order valence-corrected chi connectivity index (χ2v) is 5.71. The lowest BCUT2D eigenvalue weighted by molar-refractivity contribution is 0.0999. The fourth-order valence-electron chi connectivity index (χ4n) is 2.77. The number of hydrogen-bond acceptors (Lipinski definition) is 5. The standard InChI is InChI=1S/C17H19N3O3/c1-19-6-8-20(9-7-19)15-4-2-12(17(18)22)10-14(15)16-5-3-13(11-21)23-16/h2-5,10-11H,6-9H2,1H3,(H2,18,22). The Labute approximate surface area is 134 Å². The first-order valence-electron chi connectivity index (χ1n) is 7.51. The maximum atomic E-state index is 11.5. The number of furan rings is 1. The van der Waals surface area contributed by atoms with Crippen LogP contribution in [0.25, 0.3) is 11.3 Å². The van der Waals surface area contributed by atoms with Crippen molar-refractivity contribution in [3.05, 3.63) is 41.7 Å². The molecule has 1 saturated heterocycles. The molecule has 1 amide bonds. The highest BCUT2D eigenvalue weighted by molar-refractivity contribution is 5.95. The topological polar surface area (TPSA) is 79.8 Å². The molecule has 1 aliphatic rings. The first kappa shape index (κ1) is 15.3. The Bertz CT molecular complexity index is 730. The quantitative estimate of drug-likeness (QED) is 0.868. The summed E-state index contributed by atoms with van der Waals surface area (Å²) in [6.07, 6.45) is 0.664. The van der Waals surface area contributed by atoms with Crippen molar-refractivity contribution in [1.29, 1.82) is 0 Å². The van der Waals surface area contributed by atoms with E-state index < -0.39 is 5.91 Å². The third-order valence-electron chi connectivity index (χ3n) is 4.13. The molecule has 1 aliphatic heterocycles. The molecule has 0 bridgehead atoms. The van der Waals surface area contributed by atoms with Crippen LogP contribution >= 0.6 is 0 Å². The van der Waals surface area contributed by atoms with Crippen LogP contribution in [-0.2, 0) is 0 Å². The monoisotopic (exact) mass is 313 g/mol. The molecule has 0 saturated carbocycles. The molecule has 0 radical (unpaired) electrons. The summed E-state index contributed by atoms with van der Waals surface area (Å²) >= 11 is 0. The van der Waals surface area contributed by atoms with Gasteiger partial charge in [-0.2, -0.15) is 0 Å². The third kappa shape index (κ3) is 3.12. The van der Waals surface area contributed by atoms with Crippen LogP contribution in [0.2, 0.25) is 0 Å². The lowest BCUT2D eigenvalue weighted by Crippen LogP contribution is -2.44. The van der Waals surface area contributed by atoms with Crippen molar-refractivity contribution in [2.75, 3.05) is 38.1 Å². The predicted molar refractivity (Wildman–Crippen MR) is 87.8 cm³/mol. The average Bonchev–Trinajstić information content (AvgIpc) is 3.04. The van der Waals surface area contributed by atoms with Crippen LogP contribution in [0.4, 0.5) is 5.69 Å². The van der Waals surface area contributed by atoms with Gasteiger partial charge < -0.3 is 20.0 Å². The van der Waals surface area contributed by atoms with Crippen LogP contribution in [0.5, 0.6) is 0 Å². The van der Waals surface area contributed by atoms with Crippen LogP contribution in [-0.4, -0.2) is 50.3 Å². The van der Waals surface area contributed by atoms with Crippen LogP contribution in [0.1, 0.15) is 20.9 Å². The van der Waals surface area contributed by atoms with Crippen molar-refractivity contribution >= 4 is 17.9 Å². The summed E-state index contributed by atoms with van der Waals surface area (Å²) in [5.74, 6) is 0.330. The number of aldehydes is 1. The van der Waals surface area contributed by atoms with E-state index in [0.29, 0.717) is 17.6 Å². The Morgan fingerprint density at radius 1 is 1.17 bits per heavy atom. The van der Waals surface area contributed by atoms with E-state index in [1.54, 1.807) is 24.3 Å². The molecule has 0 atom stereocenters. The van der Waals surface area contributed by atoms with Gasteiger partial charge in [0.25, 0.3) is 0 Å². The summed E-state index contributed by atoms with van der Waals surface area (Å²) in [7, 11) is 2.09. The number of primary amides is 1. The van der Waals surface area contributed by atoms with Gasteiger partial charge in [-0.05, 0) is 37.4 Å². The van der Waals surface area contributed by atoms with E-state index in [9.17, 15) is 9.59 Å². The van der Waals surface area contributed by atoms with Crippen molar-refractivity contribution in [3.8, 4) is 11.3 Å². The Morgan fingerprint density at radius 2 is 1.91 bits per heavy atom. The first-order chi connectivity index (χ1) is 11.1. The Kier molecular flexibility index (Phi) is 4.16. The van der Waals surface area contributed by atoms with Gasteiger partial charge in [-0.1, -0.05) is 0 Å². The molecular weight excluding hydrogens is 294 g/mol. The summed E-state index contributed by atoms with van der Waals surface area (Å²) in [6, 6.07) is 8.70. The van der Waals surface area contributed by atoms with E-state index in [1.165, 1.54) is 0 Å². The summed E-state index contributed by atoms with van der Waals surface area (Å²) < 4.78 is 5.55. The van der Waals surface area contributed by atoms with Gasteiger partial charge in [0.2, 0.25) is 5.91 Å². The minimum Gasteiger partial charge on any atom is -0.453 e. The van der Waals surface area contributed by atoms with Crippen LogP contribution < -0.4 is 10.6 Å². The van der Waals surface area contributed by atoms with Gasteiger partial charge in [0.1, 0.15) is 5.76 Å². The average molecular weight is 313 g/mol. The van der Waals surface area contributed by atoms with E-state index in [0.717, 1.165) is 37.4 Å². The number of hydrogen-bond donors (Lipinski definition) is 1. The lowest BCUT2D eigenvalue weighted by atomic mass is 10.0. The number of benzene rings is 1. The second-order valence-electron chi connectivity index (χ2n) is 5.71. The molecular formula is C17H19N3O3. The summed E-state index contributed by atoms with van der Waals surface area (Å²) in [5.41, 5.74) is 7.57. The fraction of sp³-hybridized carbons (Fsp3) is 0.294. The minimum absolute atomic E-state index is 0.258. The molecule has 1 aromatic carbocycles. The van der Waals surface area contributed by atoms with E-state index in [4.69, 9.17) is 10.2 Å². The van der Waals surface area contributed by atoms with Crippen molar-refractivity contribution in [2.45, 2.75) is 0 Å². The van der Waals surface area contributed by atoms with Crippen molar-refractivity contribution in [3.63, 3.8) is 0 Å². The Morgan fingerprint density at radius 3 is 2.52 bits per heavy atom. The maximum Gasteiger partial charge on any atom is 0.248 e. The molecule has 6 heteroatoms. The van der Waals surface area contributed by atoms with E-state index in [1.807, 2.05) is 6.07 Å². The van der Waals surface area contributed by atoms with Gasteiger partial charge in [-0.15, -0.1) is 0 Å². The number of carbonyl (C=O) groups is 2.